The van der Waals surface area contributed by atoms with Crippen molar-refractivity contribution in [1.82, 2.24) is 20.9 Å². The fourth-order valence-electron chi connectivity index (χ4n) is 2.88. The number of allylic oxidation sites excluding steroid dienone is 3. The molecule has 0 saturated heterocycles. The van der Waals surface area contributed by atoms with Gasteiger partial charge >= 0.3 is 6.03 Å². The smallest absolute Gasteiger partial charge is 0.323 e. The van der Waals surface area contributed by atoms with E-state index in [4.69, 9.17) is 21.1 Å². The fraction of sp³-hybridized carbons (Fsp3) is 0.269. The number of carbonyl (C=O) groups excluding carboxylic acids is 2. The van der Waals surface area contributed by atoms with E-state index < -0.39 is 6.03 Å². The zero-order valence-electron chi connectivity index (χ0n) is 20.9. The number of likely N-dealkylation sites (N-methyl/N-ethyl adjacent to an activating group) is 1. The third-order valence-electron chi connectivity index (χ3n) is 4.67. The van der Waals surface area contributed by atoms with Crippen LogP contribution in [0.2, 0.25) is 5.02 Å². The van der Waals surface area contributed by atoms with Gasteiger partial charge in [-0.05, 0) is 44.2 Å². The lowest BCUT2D eigenvalue weighted by molar-refractivity contribution is 0.0957. The van der Waals surface area contributed by atoms with Crippen molar-refractivity contribution >= 4 is 29.2 Å². The first-order valence-corrected chi connectivity index (χ1v) is 11.7. The zero-order valence-corrected chi connectivity index (χ0v) is 21.7. The molecule has 1 aromatic carbocycles. The van der Waals surface area contributed by atoms with Crippen LogP contribution in [0.1, 0.15) is 29.4 Å². The van der Waals surface area contributed by atoms with Gasteiger partial charge in [0.15, 0.2) is 0 Å². The molecule has 1 aromatic heterocycles. The van der Waals surface area contributed by atoms with E-state index in [0.717, 1.165) is 12.0 Å². The Morgan fingerprint density at radius 1 is 1.22 bits per heavy atom. The summed E-state index contributed by atoms with van der Waals surface area (Å²) in [6.45, 7) is 8.75. The van der Waals surface area contributed by atoms with E-state index in [1.807, 2.05) is 27.0 Å². The van der Waals surface area contributed by atoms with Crippen LogP contribution in [0.15, 0.2) is 66.7 Å². The maximum absolute atomic E-state index is 12.8. The van der Waals surface area contributed by atoms with Crippen LogP contribution in [0.5, 0.6) is 11.5 Å². The predicted octanol–water partition coefficient (Wildman–Crippen LogP) is 4.57. The lowest BCUT2D eigenvalue weighted by Gasteiger charge is -2.15. The van der Waals surface area contributed by atoms with Gasteiger partial charge in [0, 0.05) is 48.7 Å². The number of nitrogens with zero attached hydrogens (tertiary/aromatic N) is 1. The van der Waals surface area contributed by atoms with Crippen LogP contribution in [-0.4, -0.2) is 44.2 Å². The van der Waals surface area contributed by atoms with Crippen molar-refractivity contribution in [2.45, 2.75) is 20.3 Å². The van der Waals surface area contributed by atoms with Crippen LogP contribution in [-0.2, 0) is 0 Å². The Kier molecular flexibility index (Phi) is 11.5. The number of urea groups is 1. The van der Waals surface area contributed by atoms with Crippen molar-refractivity contribution < 1.29 is 19.1 Å². The minimum Gasteiger partial charge on any atom is -0.490 e. The van der Waals surface area contributed by atoms with Gasteiger partial charge in [-0.25, -0.2) is 4.79 Å². The number of aryl methyl sites for hydroxylation is 1. The molecular formula is C26H32ClN5O4. The van der Waals surface area contributed by atoms with Crippen LogP contribution in [0.3, 0.4) is 0 Å². The summed E-state index contributed by atoms with van der Waals surface area (Å²) in [4.78, 5) is 28.7. The molecule has 0 radical (unpaired) electrons. The van der Waals surface area contributed by atoms with E-state index in [1.165, 1.54) is 19.3 Å². The van der Waals surface area contributed by atoms with E-state index in [9.17, 15) is 9.59 Å². The molecule has 0 fully saturated rings. The summed E-state index contributed by atoms with van der Waals surface area (Å²) in [5.41, 5.74) is 1.94. The van der Waals surface area contributed by atoms with Crippen LogP contribution in [0, 0.1) is 6.92 Å². The van der Waals surface area contributed by atoms with Gasteiger partial charge in [-0.1, -0.05) is 31.2 Å². The molecular weight excluding hydrogens is 482 g/mol. The summed E-state index contributed by atoms with van der Waals surface area (Å²) < 4.78 is 11.5. The second kappa shape index (κ2) is 14.6. The second-order valence-corrected chi connectivity index (χ2v) is 7.97. The number of rotatable bonds is 12. The number of benzene rings is 1. The minimum absolute atomic E-state index is 0.210. The summed E-state index contributed by atoms with van der Waals surface area (Å²) in [5.74, 6) is 0.757. The van der Waals surface area contributed by atoms with Crippen molar-refractivity contribution in [1.29, 1.82) is 0 Å². The van der Waals surface area contributed by atoms with Crippen molar-refractivity contribution in [3.05, 3.63) is 83.0 Å². The van der Waals surface area contributed by atoms with Crippen LogP contribution in [0.25, 0.3) is 0 Å². The molecule has 36 heavy (non-hydrogen) atoms. The minimum atomic E-state index is -0.485. The van der Waals surface area contributed by atoms with Gasteiger partial charge in [-0.2, -0.15) is 0 Å². The molecule has 0 atom stereocenters. The molecule has 0 aliphatic heterocycles. The van der Waals surface area contributed by atoms with Gasteiger partial charge in [0.05, 0.1) is 5.69 Å². The maximum Gasteiger partial charge on any atom is 0.323 e. The molecule has 2 rings (SSSR count). The number of hydrogen-bond acceptors (Lipinski definition) is 6. The van der Waals surface area contributed by atoms with E-state index in [1.54, 1.807) is 30.4 Å². The van der Waals surface area contributed by atoms with Gasteiger partial charge < -0.3 is 30.7 Å². The molecule has 192 valence electrons. The van der Waals surface area contributed by atoms with Crippen molar-refractivity contribution in [3.63, 3.8) is 0 Å². The predicted molar refractivity (Wildman–Crippen MR) is 143 cm³/mol. The molecule has 2 aromatic rings. The quantitative estimate of drug-likeness (QED) is 0.188. The Bertz CT molecular complexity index is 1150. The number of anilines is 1. The number of nitrogens with one attached hydrogen (secondary N) is 4. The third kappa shape index (κ3) is 9.09. The maximum atomic E-state index is 12.8. The van der Waals surface area contributed by atoms with E-state index >= 15 is 0 Å². The topological polar surface area (TPSA) is 114 Å². The largest absolute Gasteiger partial charge is 0.490 e. The first kappa shape index (κ1) is 28.4. The fourth-order valence-corrected chi connectivity index (χ4v) is 3.03. The van der Waals surface area contributed by atoms with Gasteiger partial charge in [0.1, 0.15) is 29.6 Å². The number of aromatic nitrogens is 1. The Morgan fingerprint density at radius 3 is 2.69 bits per heavy atom. The van der Waals surface area contributed by atoms with Gasteiger partial charge in [-0.15, -0.1) is 0 Å². The summed E-state index contributed by atoms with van der Waals surface area (Å²) in [6.07, 6.45) is 7.42. The standard InChI is InChI=1S/C26H32ClN5O4/c1-6-7-8-19(14-18(3)36-20-9-10-30-23(15-20)25(33)29-5)31-26(34)32-22-13-17(2)21(27)16-24(22)35-12-11-28-4/h7-10,13-16,28H,3,6,11-12H2,1-2,4-5H3,(H,29,33)(H2,31,32,34)/b8-7-,19-14+. The average Bonchev–Trinajstić information content (AvgIpc) is 2.85. The monoisotopic (exact) mass is 513 g/mol. The van der Waals surface area contributed by atoms with Crippen LogP contribution in [0.4, 0.5) is 10.5 Å². The number of hydrogen-bond donors (Lipinski definition) is 4. The molecule has 4 N–H and O–H groups in total. The first-order chi connectivity index (χ1) is 17.3. The first-order valence-electron chi connectivity index (χ1n) is 11.4. The number of halogens is 1. The SMILES string of the molecule is C=C(/C=C(\C=C/CC)NC(=O)Nc1cc(C)c(Cl)cc1OCCNC)Oc1ccnc(C(=O)NC)c1. The number of pyridine rings is 1. The summed E-state index contributed by atoms with van der Waals surface area (Å²) in [6, 6.07) is 6.04. The van der Waals surface area contributed by atoms with Gasteiger partial charge in [-0.3, -0.25) is 9.78 Å². The highest BCUT2D eigenvalue weighted by Gasteiger charge is 2.12. The number of ether oxygens (including phenoxy) is 2. The van der Waals surface area contributed by atoms with Crippen molar-refractivity contribution in [3.8, 4) is 11.5 Å². The van der Waals surface area contributed by atoms with E-state index in [-0.39, 0.29) is 17.4 Å². The van der Waals surface area contributed by atoms with Crippen molar-refractivity contribution in [2.75, 3.05) is 32.6 Å². The molecule has 0 saturated carbocycles. The van der Waals surface area contributed by atoms with Crippen LogP contribution >= 0.6 is 11.6 Å². The molecule has 0 spiro atoms. The van der Waals surface area contributed by atoms with E-state index in [0.29, 0.717) is 41.1 Å². The lowest BCUT2D eigenvalue weighted by Crippen LogP contribution is -2.28. The van der Waals surface area contributed by atoms with Gasteiger partial charge in [0.2, 0.25) is 0 Å². The van der Waals surface area contributed by atoms with Crippen LogP contribution < -0.4 is 30.7 Å². The normalized spacial score (nSPS) is 11.2. The molecule has 9 nitrogen and oxygen atoms in total. The molecule has 3 amide bonds. The average molecular weight is 514 g/mol. The Balaban J connectivity index is 2.17. The molecule has 0 bridgehead atoms. The summed E-state index contributed by atoms with van der Waals surface area (Å²) in [7, 11) is 3.34. The number of amides is 3. The summed E-state index contributed by atoms with van der Waals surface area (Å²) >= 11 is 6.24. The van der Waals surface area contributed by atoms with Gasteiger partial charge in [0.25, 0.3) is 5.91 Å². The highest BCUT2D eigenvalue weighted by Crippen LogP contribution is 2.31. The lowest BCUT2D eigenvalue weighted by atomic mass is 10.2. The highest BCUT2D eigenvalue weighted by atomic mass is 35.5. The van der Waals surface area contributed by atoms with Crippen molar-refractivity contribution in [2.24, 2.45) is 0 Å². The molecule has 0 aliphatic carbocycles. The Morgan fingerprint density at radius 2 is 2.00 bits per heavy atom. The second-order valence-electron chi connectivity index (χ2n) is 7.56. The molecule has 0 aliphatic rings. The number of carbonyl (C=O) groups is 2. The van der Waals surface area contributed by atoms with E-state index in [2.05, 4.69) is 32.8 Å². The summed E-state index contributed by atoms with van der Waals surface area (Å²) in [5, 5.41) is 11.6. The zero-order chi connectivity index (χ0) is 26.5. The molecule has 0 unspecified atom stereocenters. The third-order valence-corrected chi connectivity index (χ3v) is 5.07. The Labute approximate surface area is 216 Å². The Hall–Kier alpha value is -3.82. The molecule has 10 heteroatoms. The molecule has 1 heterocycles. The highest BCUT2D eigenvalue weighted by molar-refractivity contribution is 6.31.